The summed E-state index contributed by atoms with van der Waals surface area (Å²) in [5.74, 6) is -0.951. The summed E-state index contributed by atoms with van der Waals surface area (Å²) in [6.07, 6.45) is 2.16. The van der Waals surface area contributed by atoms with E-state index in [0.717, 1.165) is 16.5 Å². The van der Waals surface area contributed by atoms with Crippen molar-refractivity contribution in [3.63, 3.8) is 0 Å². The van der Waals surface area contributed by atoms with Gasteiger partial charge in [-0.3, -0.25) is 4.79 Å². The molecule has 0 aliphatic rings. The number of rotatable bonds is 3. The smallest absolute Gasteiger partial charge is 0.335 e. The third-order valence-corrected chi connectivity index (χ3v) is 3.37. The van der Waals surface area contributed by atoms with Crippen molar-refractivity contribution in [1.82, 2.24) is 10.2 Å². The molecule has 0 radical (unpaired) electrons. The van der Waals surface area contributed by atoms with Crippen molar-refractivity contribution in [3.8, 4) is 0 Å². The van der Waals surface area contributed by atoms with Crippen LogP contribution >= 0.6 is 0 Å². The summed E-state index contributed by atoms with van der Waals surface area (Å²) in [5.41, 5.74) is 1.84. The SMILES string of the molecule is O=C(O)c1cccc(Cc2cccc3c(=O)[nH]ncc23)c1. The first-order valence-corrected chi connectivity index (χ1v) is 6.42. The van der Waals surface area contributed by atoms with Crippen LogP contribution in [0.5, 0.6) is 0 Å². The maximum Gasteiger partial charge on any atom is 0.335 e. The summed E-state index contributed by atoms with van der Waals surface area (Å²) in [6, 6.07) is 12.3. The zero-order chi connectivity index (χ0) is 14.8. The third kappa shape index (κ3) is 2.53. The van der Waals surface area contributed by atoms with Gasteiger partial charge in [-0.1, -0.05) is 24.3 Å². The van der Waals surface area contributed by atoms with E-state index in [2.05, 4.69) is 10.2 Å². The van der Waals surface area contributed by atoms with Gasteiger partial charge in [0.05, 0.1) is 17.1 Å². The summed E-state index contributed by atoms with van der Waals surface area (Å²) in [7, 11) is 0. The minimum Gasteiger partial charge on any atom is -0.478 e. The van der Waals surface area contributed by atoms with Crippen LogP contribution in [0.1, 0.15) is 21.5 Å². The molecule has 0 atom stereocenters. The van der Waals surface area contributed by atoms with Crippen molar-refractivity contribution in [2.24, 2.45) is 0 Å². The van der Waals surface area contributed by atoms with Crippen molar-refractivity contribution < 1.29 is 9.90 Å². The molecule has 0 bridgehead atoms. The molecular formula is C16H12N2O3. The quantitative estimate of drug-likeness (QED) is 0.770. The largest absolute Gasteiger partial charge is 0.478 e. The number of carboxylic acid groups (broad SMARTS) is 1. The third-order valence-electron chi connectivity index (χ3n) is 3.37. The molecule has 0 fully saturated rings. The van der Waals surface area contributed by atoms with Gasteiger partial charge in [0.1, 0.15) is 0 Å². The molecule has 104 valence electrons. The highest BCUT2D eigenvalue weighted by atomic mass is 16.4. The lowest BCUT2D eigenvalue weighted by Gasteiger charge is -2.06. The second-order valence-electron chi connectivity index (χ2n) is 4.76. The van der Waals surface area contributed by atoms with Crippen molar-refractivity contribution >= 4 is 16.7 Å². The first-order valence-electron chi connectivity index (χ1n) is 6.42. The van der Waals surface area contributed by atoms with Gasteiger partial charge in [-0.15, -0.1) is 0 Å². The van der Waals surface area contributed by atoms with Gasteiger partial charge in [0, 0.05) is 5.39 Å². The Morgan fingerprint density at radius 2 is 1.95 bits per heavy atom. The minimum atomic E-state index is -0.951. The second kappa shape index (κ2) is 5.20. The normalized spacial score (nSPS) is 10.7. The number of benzene rings is 2. The Balaban J connectivity index is 2.06. The Morgan fingerprint density at radius 3 is 2.76 bits per heavy atom. The summed E-state index contributed by atoms with van der Waals surface area (Å²) in [4.78, 5) is 22.7. The van der Waals surface area contributed by atoms with Crippen molar-refractivity contribution in [2.45, 2.75) is 6.42 Å². The van der Waals surface area contributed by atoms with E-state index in [1.54, 1.807) is 30.5 Å². The second-order valence-corrected chi connectivity index (χ2v) is 4.76. The molecule has 5 nitrogen and oxygen atoms in total. The molecular weight excluding hydrogens is 268 g/mol. The molecule has 0 saturated carbocycles. The molecule has 0 unspecified atom stereocenters. The Bertz CT molecular complexity index is 884. The van der Waals surface area contributed by atoms with Gasteiger partial charge in [-0.05, 0) is 35.7 Å². The Labute approximate surface area is 119 Å². The molecule has 3 aromatic rings. The molecule has 0 amide bonds. The zero-order valence-corrected chi connectivity index (χ0v) is 11.0. The number of carboxylic acids is 1. The topological polar surface area (TPSA) is 83.0 Å². The molecule has 0 aliphatic heterocycles. The lowest BCUT2D eigenvalue weighted by molar-refractivity contribution is 0.0697. The number of nitrogens with one attached hydrogen (secondary N) is 1. The molecule has 1 heterocycles. The minimum absolute atomic E-state index is 0.228. The van der Waals surface area contributed by atoms with E-state index in [4.69, 9.17) is 5.11 Å². The maximum atomic E-state index is 11.7. The average molecular weight is 280 g/mol. The Hall–Kier alpha value is -2.95. The van der Waals surface area contributed by atoms with Crippen LogP contribution in [0, 0.1) is 0 Å². The fourth-order valence-electron chi connectivity index (χ4n) is 2.37. The molecule has 0 aliphatic carbocycles. The Morgan fingerprint density at radius 1 is 1.14 bits per heavy atom. The fraction of sp³-hybridized carbons (Fsp3) is 0.0625. The molecule has 2 aromatic carbocycles. The van der Waals surface area contributed by atoms with E-state index in [-0.39, 0.29) is 11.1 Å². The van der Waals surface area contributed by atoms with E-state index in [1.807, 2.05) is 18.2 Å². The number of hydrogen-bond acceptors (Lipinski definition) is 3. The fourth-order valence-corrected chi connectivity index (χ4v) is 2.37. The molecule has 0 saturated heterocycles. The zero-order valence-electron chi connectivity index (χ0n) is 11.0. The average Bonchev–Trinajstić information content (AvgIpc) is 2.49. The molecule has 21 heavy (non-hydrogen) atoms. The van der Waals surface area contributed by atoms with Crippen LogP contribution in [-0.2, 0) is 6.42 Å². The number of nitrogens with zero attached hydrogens (tertiary/aromatic N) is 1. The van der Waals surface area contributed by atoms with Gasteiger partial charge in [0.2, 0.25) is 0 Å². The van der Waals surface area contributed by atoms with E-state index in [1.165, 1.54) is 0 Å². The lowest BCUT2D eigenvalue weighted by Crippen LogP contribution is -2.08. The number of fused-ring (bicyclic) bond motifs is 1. The summed E-state index contributed by atoms with van der Waals surface area (Å²) in [5, 5.41) is 16.6. The molecule has 5 heteroatoms. The van der Waals surface area contributed by atoms with Crippen LogP contribution in [0.2, 0.25) is 0 Å². The van der Waals surface area contributed by atoms with E-state index in [0.29, 0.717) is 11.8 Å². The molecule has 1 aromatic heterocycles. The summed E-state index contributed by atoms with van der Waals surface area (Å²) < 4.78 is 0. The van der Waals surface area contributed by atoms with Crippen LogP contribution in [0.15, 0.2) is 53.5 Å². The van der Waals surface area contributed by atoms with Crippen LogP contribution in [0.3, 0.4) is 0 Å². The maximum absolute atomic E-state index is 11.7. The summed E-state index contributed by atoms with van der Waals surface area (Å²) >= 11 is 0. The van der Waals surface area contributed by atoms with Crippen molar-refractivity contribution in [2.75, 3.05) is 0 Å². The van der Waals surface area contributed by atoms with Gasteiger partial charge in [0.15, 0.2) is 0 Å². The van der Waals surface area contributed by atoms with Crippen LogP contribution in [-0.4, -0.2) is 21.3 Å². The van der Waals surface area contributed by atoms with Gasteiger partial charge in [0.25, 0.3) is 5.56 Å². The number of aromatic carboxylic acids is 1. The van der Waals surface area contributed by atoms with Crippen LogP contribution in [0.4, 0.5) is 0 Å². The number of H-pyrrole nitrogens is 1. The van der Waals surface area contributed by atoms with E-state index >= 15 is 0 Å². The van der Waals surface area contributed by atoms with Gasteiger partial charge in [-0.2, -0.15) is 5.10 Å². The first kappa shape index (κ1) is 13.1. The van der Waals surface area contributed by atoms with Gasteiger partial charge >= 0.3 is 5.97 Å². The number of carbonyl (C=O) groups is 1. The summed E-state index contributed by atoms with van der Waals surface area (Å²) in [6.45, 7) is 0. The van der Waals surface area contributed by atoms with E-state index < -0.39 is 5.97 Å². The predicted octanol–water partition coefficient (Wildman–Crippen LogP) is 2.21. The van der Waals surface area contributed by atoms with E-state index in [9.17, 15) is 9.59 Å². The first-order chi connectivity index (χ1) is 10.1. The number of hydrogen-bond donors (Lipinski definition) is 2. The number of aromatic nitrogens is 2. The molecule has 2 N–H and O–H groups in total. The molecule has 3 rings (SSSR count). The highest BCUT2D eigenvalue weighted by molar-refractivity contribution is 5.88. The predicted molar refractivity (Wildman–Crippen MR) is 78.6 cm³/mol. The number of aromatic amines is 1. The van der Waals surface area contributed by atoms with Crippen molar-refractivity contribution in [1.29, 1.82) is 0 Å². The van der Waals surface area contributed by atoms with Crippen LogP contribution in [0.25, 0.3) is 10.8 Å². The lowest BCUT2D eigenvalue weighted by atomic mass is 9.99. The highest BCUT2D eigenvalue weighted by Crippen LogP contribution is 2.18. The molecule has 0 spiro atoms. The monoisotopic (exact) mass is 280 g/mol. The van der Waals surface area contributed by atoms with Crippen molar-refractivity contribution in [3.05, 3.63) is 75.7 Å². The standard InChI is InChI=1S/C16H12N2O3/c19-15-13-6-2-4-11(14(13)9-17-18-15)7-10-3-1-5-12(8-10)16(20)21/h1-6,8-9H,7H2,(H,18,19)(H,20,21). The van der Waals surface area contributed by atoms with Crippen LogP contribution < -0.4 is 5.56 Å². The Kier molecular flexibility index (Phi) is 3.23. The van der Waals surface area contributed by atoms with Gasteiger partial charge in [-0.25, -0.2) is 9.89 Å². The highest BCUT2D eigenvalue weighted by Gasteiger charge is 2.07. The van der Waals surface area contributed by atoms with Gasteiger partial charge < -0.3 is 5.11 Å².